The number of nitrogens with zero attached hydrogens (tertiary/aromatic N) is 2. The van der Waals surface area contributed by atoms with Crippen LogP contribution < -0.4 is 0 Å². The number of fused-ring (bicyclic) bond motifs is 7. The van der Waals surface area contributed by atoms with E-state index in [1.807, 2.05) is 6.07 Å². The Balaban J connectivity index is 1.23. The highest BCUT2D eigenvalue weighted by Crippen LogP contribution is 2.46. The van der Waals surface area contributed by atoms with Crippen molar-refractivity contribution in [3.05, 3.63) is 65.0 Å². The number of aryl methyl sites for hydroxylation is 1. The highest BCUT2D eigenvalue weighted by molar-refractivity contribution is 5.85. The van der Waals surface area contributed by atoms with Crippen LogP contribution in [0.4, 0.5) is 8.78 Å². The van der Waals surface area contributed by atoms with Gasteiger partial charge < -0.3 is 9.51 Å². The van der Waals surface area contributed by atoms with Gasteiger partial charge in [0.15, 0.2) is 5.58 Å². The van der Waals surface area contributed by atoms with Gasteiger partial charge in [0.1, 0.15) is 11.6 Å². The van der Waals surface area contributed by atoms with E-state index in [0.29, 0.717) is 17.7 Å². The Morgan fingerprint density at radius 3 is 2.86 bits per heavy atom. The topological polar surface area (TPSA) is 45.1 Å². The van der Waals surface area contributed by atoms with Crippen LogP contribution in [0.1, 0.15) is 42.3 Å². The second-order valence-electron chi connectivity index (χ2n) is 8.27. The quantitative estimate of drug-likeness (QED) is 0.513. The molecule has 0 spiro atoms. The van der Waals surface area contributed by atoms with E-state index in [-0.39, 0.29) is 11.6 Å². The molecule has 2 unspecified atom stereocenters. The molecule has 4 heterocycles. The molecule has 2 bridgehead atoms. The van der Waals surface area contributed by atoms with Gasteiger partial charge in [-0.05, 0) is 68.1 Å². The normalized spacial score (nSPS) is 21.3. The monoisotopic (exact) mass is 393 g/mol. The molecule has 2 aliphatic heterocycles. The highest BCUT2D eigenvalue weighted by atomic mass is 19.1. The first-order valence-electron chi connectivity index (χ1n) is 10.3. The van der Waals surface area contributed by atoms with Crippen molar-refractivity contribution in [3.8, 4) is 0 Å². The van der Waals surface area contributed by atoms with Gasteiger partial charge in [-0.1, -0.05) is 5.16 Å². The molecule has 2 aliphatic rings. The summed E-state index contributed by atoms with van der Waals surface area (Å²) in [5, 5.41) is 6.06. The van der Waals surface area contributed by atoms with Crippen molar-refractivity contribution >= 4 is 21.9 Å². The number of nitrogens with one attached hydrogen (secondary N) is 1. The molecule has 2 aromatic carbocycles. The fraction of sp³-hybridized carbons (Fsp3) is 0.348. The Bertz CT molecular complexity index is 1230. The van der Waals surface area contributed by atoms with Gasteiger partial charge in [0.25, 0.3) is 0 Å². The number of aromatic amines is 1. The van der Waals surface area contributed by atoms with Crippen molar-refractivity contribution in [2.75, 3.05) is 6.54 Å². The lowest BCUT2D eigenvalue weighted by Gasteiger charge is -2.35. The molecule has 4 aromatic rings. The Kier molecular flexibility index (Phi) is 3.78. The van der Waals surface area contributed by atoms with Crippen LogP contribution in [-0.2, 0) is 12.8 Å². The molecular formula is C23H21F2N3O. The van der Waals surface area contributed by atoms with E-state index in [2.05, 4.69) is 15.0 Å². The SMILES string of the molecule is Fc1ccc2c(CCCN3C4CCC3c3c([nH]c5ccc(F)cc35)C4)noc2c1. The molecular weight excluding hydrogens is 372 g/mol. The number of rotatable bonds is 4. The van der Waals surface area contributed by atoms with Crippen molar-refractivity contribution < 1.29 is 13.3 Å². The van der Waals surface area contributed by atoms with Crippen LogP contribution in [0.2, 0.25) is 0 Å². The fourth-order valence-corrected chi connectivity index (χ4v) is 5.40. The third-order valence-electron chi connectivity index (χ3n) is 6.64. The minimum absolute atomic E-state index is 0.180. The zero-order valence-corrected chi connectivity index (χ0v) is 15.9. The smallest absolute Gasteiger partial charge is 0.170 e. The molecule has 0 aliphatic carbocycles. The summed E-state index contributed by atoms with van der Waals surface area (Å²) in [5.74, 6) is -0.489. The third-order valence-corrected chi connectivity index (χ3v) is 6.64. The Morgan fingerprint density at radius 1 is 1.07 bits per heavy atom. The number of benzene rings is 2. The van der Waals surface area contributed by atoms with Gasteiger partial charge in [-0.2, -0.15) is 0 Å². The van der Waals surface area contributed by atoms with E-state index in [0.717, 1.165) is 54.2 Å². The first-order valence-corrected chi connectivity index (χ1v) is 10.3. The standard InChI is InChI=1S/C23H21F2N3O/c24-13-4-7-18-17(10-13)23-20(26-18)12-15-5-8-21(23)28(15)9-1-2-19-16-6-3-14(25)11-22(16)29-27-19/h3-4,6-7,10-11,15,21,26H,1-2,5,8-9,12H2. The summed E-state index contributed by atoms with van der Waals surface area (Å²) < 4.78 is 32.5. The Labute approximate surface area is 166 Å². The predicted molar refractivity (Wildman–Crippen MR) is 107 cm³/mol. The maximum absolute atomic E-state index is 13.9. The third kappa shape index (κ3) is 2.69. The van der Waals surface area contributed by atoms with Gasteiger partial charge in [-0.15, -0.1) is 0 Å². The molecule has 0 saturated carbocycles. The number of halogens is 2. The van der Waals surface area contributed by atoms with Crippen LogP contribution >= 0.6 is 0 Å². The maximum atomic E-state index is 13.9. The Hall–Kier alpha value is -2.73. The molecule has 148 valence electrons. The maximum Gasteiger partial charge on any atom is 0.170 e. The van der Waals surface area contributed by atoms with Crippen molar-refractivity contribution in [2.45, 2.75) is 44.2 Å². The van der Waals surface area contributed by atoms with Gasteiger partial charge in [0.2, 0.25) is 0 Å². The zero-order chi connectivity index (χ0) is 19.5. The fourth-order valence-electron chi connectivity index (χ4n) is 5.40. The average Bonchev–Trinajstić information content (AvgIpc) is 3.35. The van der Waals surface area contributed by atoms with E-state index < -0.39 is 0 Å². The van der Waals surface area contributed by atoms with E-state index in [1.54, 1.807) is 12.1 Å². The summed E-state index contributed by atoms with van der Waals surface area (Å²) in [6, 6.07) is 10.5. The second kappa shape index (κ2) is 6.39. The lowest BCUT2D eigenvalue weighted by atomic mass is 9.96. The van der Waals surface area contributed by atoms with Gasteiger partial charge >= 0.3 is 0 Å². The molecule has 1 fully saturated rings. The molecule has 1 N–H and O–H groups in total. The van der Waals surface area contributed by atoms with E-state index in [9.17, 15) is 8.78 Å². The van der Waals surface area contributed by atoms with Crippen molar-refractivity contribution in [2.24, 2.45) is 0 Å². The first kappa shape index (κ1) is 17.2. The van der Waals surface area contributed by atoms with Crippen LogP contribution in [0.5, 0.6) is 0 Å². The van der Waals surface area contributed by atoms with Crippen molar-refractivity contribution in [1.29, 1.82) is 0 Å². The summed E-state index contributed by atoms with van der Waals surface area (Å²) in [4.78, 5) is 6.11. The molecule has 2 aromatic heterocycles. The Morgan fingerprint density at radius 2 is 1.93 bits per heavy atom. The first-order chi connectivity index (χ1) is 14.2. The van der Waals surface area contributed by atoms with Crippen LogP contribution in [0, 0.1) is 11.6 Å². The minimum Gasteiger partial charge on any atom is -0.358 e. The number of hydrogen-bond acceptors (Lipinski definition) is 3. The summed E-state index contributed by atoms with van der Waals surface area (Å²) >= 11 is 0. The van der Waals surface area contributed by atoms with Gasteiger partial charge in [-0.3, -0.25) is 4.90 Å². The van der Waals surface area contributed by atoms with Gasteiger partial charge in [0, 0.05) is 46.6 Å². The molecule has 29 heavy (non-hydrogen) atoms. The molecule has 0 radical (unpaired) electrons. The van der Waals surface area contributed by atoms with Gasteiger partial charge in [-0.25, -0.2) is 8.78 Å². The number of H-pyrrole nitrogens is 1. The molecule has 6 rings (SSSR count). The molecule has 1 saturated heterocycles. The van der Waals surface area contributed by atoms with E-state index in [1.165, 1.54) is 35.9 Å². The van der Waals surface area contributed by atoms with Crippen molar-refractivity contribution in [1.82, 2.24) is 15.0 Å². The van der Waals surface area contributed by atoms with Crippen LogP contribution in [0.15, 0.2) is 40.9 Å². The molecule has 6 heteroatoms. The van der Waals surface area contributed by atoms with Crippen LogP contribution in [-0.4, -0.2) is 27.6 Å². The molecule has 2 atom stereocenters. The minimum atomic E-state index is -0.309. The van der Waals surface area contributed by atoms with E-state index in [4.69, 9.17) is 4.52 Å². The largest absolute Gasteiger partial charge is 0.358 e. The molecule has 0 amide bonds. The lowest BCUT2D eigenvalue weighted by Crippen LogP contribution is -2.38. The average molecular weight is 393 g/mol. The predicted octanol–water partition coefficient (Wildman–Crippen LogP) is 5.28. The van der Waals surface area contributed by atoms with Crippen molar-refractivity contribution in [3.63, 3.8) is 0 Å². The summed E-state index contributed by atoms with van der Waals surface area (Å²) in [7, 11) is 0. The second-order valence-corrected chi connectivity index (χ2v) is 8.27. The van der Waals surface area contributed by atoms with Gasteiger partial charge in [0.05, 0.1) is 5.69 Å². The van der Waals surface area contributed by atoms with E-state index >= 15 is 0 Å². The summed E-state index contributed by atoms with van der Waals surface area (Å²) in [6.45, 7) is 0.965. The van der Waals surface area contributed by atoms with Crippen LogP contribution in [0.3, 0.4) is 0 Å². The summed E-state index contributed by atoms with van der Waals surface area (Å²) in [5.41, 5.74) is 4.99. The number of aromatic nitrogens is 2. The van der Waals surface area contributed by atoms with Crippen LogP contribution in [0.25, 0.3) is 21.9 Å². The number of hydrogen-bond donors (Lipinski definition) is 1. The highest BCUT2D eigenvalue weighted by Gasteiger charge is 2.41. The zero-order valence-electron chi connectivity index (χ0n) is 15.9. The summed E-state index contributed by atoms with van der Waals surface area (Å²) in [6.07, 6.45) is 5.04. The molecule has 4 nitrogen and oxygen atoms in total. The lowest BCUT2D eigenvalue weighted by molar-refractivity contribution is 0.175.